The summed E-state index contributed by atoms with van der Waals surface area (Å²) in [6.45, 7) is -0.693. The standard InChI is InChI=1S/C23H22N4O6/c1-27-20(21(29)25-19(11-28)22(30)31)18(10-24-27)26-23(32)33-12-17-15-8-4-2-6-13(15)14-7-3-5-9-16(14)17/h2-10,17,19,28H,11-12H2,1H3,(H,25,29)(H,26,32)(H,30,31)/t19-/m1/s1. The molecule has 4 N–H and O–H groups in total. The van der Waals surface area contributed by atoms with E-state index in [1.807, 2.05) is 48.5 Å². The largest absolute Gasteiger partial charge is 0.480 e. The van der Waals surface area contributed by atoms with Crippen LogP contribution in [0.2, 0.25) is 0 Å². The Morgan fingerprint density at radius 3 is 2.27 bits per heavy atom. The Bertz CT molecular complexity index is 1180. The second-order valence-electron chi connectivity index (χ2n) is 7.53. The molecule has 2 amide bonds. The van der Waals surface area contributed by atoms with Gasteiger partial charge in [-0.15, -0.1) is 0 Å². The number of carbonyl (C=O) groups excluding carboxylic acids is 2. The van der Waals surface area contributed by atoms with Gasteiger partial charge in [-0.1, -0.05) is 48.5 Å². The van der Waals surface area contributed by atoms with Crippen molar-refractivity contribution in [1.82, 2.24) is 15.1 Å². The predicted octanol–water partition coefficient (Wildman–Crippen LogP) is 1.96. The molecular weight excluding hydrogens is 428 g/mol. The highest BCUT2D eigenvalue weighted by molar-refractivity contribution is 6.02. The summed E-state index contributed by atoms with van der Waals surface area (Å²) in [5, 5.41) is 26.8. The molecule has 1 aromatic heterocycles. The van der Waals surface area contributed by atoms with E-state index in [0.29, 0.717) is 0 Å². The van der Waals surface area contributed by atoms with Gasteiger partial charge in [0.15, 0.2) is 6.04 Å². The van der Waals surface area contributed by atoms with Crippen LogP contribution < -0.4 is 10.6 Å². The third-order valence-corrected chi connectivity index (χ3v) is 5.52. The number of fused-ring (bicyclic) bond motifs is 3. The number of carboxylic acid groups (broad SMARTS) is 1. The van der Waals surface area contributed by atoms with Gasteiger partial charge in [0.05, 0.1) is 18.5 Å². The van der Waals surface area contributed by atoms with E-state index in [0.717, 1.165) is 22.3 Å². The number of carbonyl (C=O) groups is 3. The van der Waals surface area contributed by atoms with Crippen molar-refractivity contribution in [3.05, 3.63) is 71.5 Å². The Morgan fingerprint density at radius 1 is 1.09 bits per heavy atom. The maximum absolute atomic E-state index is 12.5. The number of nitrogens with one attached hydrogen (secondary N) is 2. The predicted molar refractivity (Wildman–Crippen MR) is 118 cm³/mol. The SMILES string of the molecule is Cn1ncc(NC(=O)OCC2c3ccccc3-c3ccccc32)c1C(=O)N[C@H](CO)C(=O)O. The summed E-state index contributed by atoms with van der Waals surface area (Å²) < 4.78 is 6.66. The van der Waals surface area contributed by atoms with Crippen molar-refractivity contribution in [3.8, 4) is 11.1 Å². The lowest BCUT2D eigenvalue weighted by atomic mass is 9.98. The van der Waals surface area contributed by atoms with Gasteiger partial charge in [-0.2, -0.15) is 5.10 Å². The minimum Gasteiger partial charge on any atom is -0.480 e. The van der Waals surface area contributed by atoms with Crippen LogP contribution in [0.1, 0.15) is 27.5 Å². The van der Waals surface area contributed by atoms with Crippen LogP contribution in [0.15, 0.2) is 54.7 Å². The number of aryl methyl sites for hydroxylation is 1. The van der Waals surface area contributed by atoms with E-state index in [1.54, 1.807) is 0 Å². The van der Waals surface area contributed by atoms with Gasteiger partial charge in [-0.05, 0) is 22.3 Å². The molecule has 0 bridgehead atoms. The van der Waals surface area contributed by atoms with Gasteiger partial charge in [-0.3, -0.25) is 14.8 Å². The van der Waals surface area contributed by atoms with Crippen molar-refractivity contribution >= 4 is 23.7 Å². The monoisotopic (exact) mass is 450 g/mol. The molecule has 33 heavy (non-hydrogen) atoms. The van der Waals surface area contributed by atoms with Crippen LogP contribution in [0.4, 0.5) is 10.5 Å². The van der Waals surface area contributed by atoms with Gasteiger partial charge in [-0.25, -0.2) is 9.59 Å². The lowest BCUT2D eigenvalue weighted by molar-refractivity contribution is -0.140. The number of hydrogen-bond acceptors (Lipinski definition) is 6. The van der Waals surface area contributed by atoms with Crippen LogP contribution in [0.3, 0.4) is 0 Å². The molecule has 0 saturated carbocycles. The molecule has 0 unspecified atom stereocenters. The Labute approximate surface area is 188 Å². The van der Waals surface area contributed by atoms with Gasteiger partial charge < -0.3 is 20.3 Å². The first-order valence-electron chi connectivity index (χ1n) is 10.2. The highest BCUT2D eigenvalue weighted by Crippen LogP contribution is 2.44. The summed E-state index contributed by atoms with van der Waals surface area (Å²) in [5.74, 6) is -2.33. The summed E-state index contributed by atoms with van der Waals surface area (Å²) in [6.07, 6.45) is 0.473. The smallest absolute Gasteiger partial charge is 0.411 e. The summed E-state index contributed by atoms with van der Waals surface area (Å²) in [5.41, 5.74) is 4.31. The summed E-state index contributed by atoms with van der Waals surface area (Å²) in [4.78, 5) is 36.1. The molecule has 0 aliphatic heterocycles. The first-order valence-corrected chi connectivity index (χ1v) is 10.2. The minimum atomic E-state index is -1.49. The van der Waals surface area contributed by atoms with Crippen LogP contribution in [0.5, 0.6) is 0 Å². The summed E-state index contributed by atoms with van der Waals surface area (Å²) >= 11 is 0. The van der Waals surface area contributed by atoms with Gasteiger partial charge >= 0.3 is 12.1 Å². The van der Waals surface area contributed by atoms with Crippen molar-refractivity contribution in [3.63, 3.8) is 0 Å². The Morgan fingerprint density at radius 2 is 1.70 bits per heavy atom. The first-order chi connectivity index (χ1) is 15.9. The molecule has 170 valence electrons. The number of rotatable bonds is 7. The first kappa shape index (κ1) is 22.0. The minimum absolute atomic E-state index is 0.0503. The number of aliphatic carboxylic acids is 1. The number of aliphatic hydroxyl groups excluding tert-OH is 1. The molecule has 1 heterocycles. The topological polar surface area (TPSA) is 143 Å². The maximum Gasteiger partial charge on any atom is 0.411 e. The molecule has 3 aromatic rings. The van der Waals surface area contributed by atoms with Gasteiger partial charge in [0, 0.05) is 13.0 Å². The molecule has 0 saturated heterocycles. The Hall–Kier alpha value is -4.18. The Balaban J connectivity index is 1.46. The molecular formula is C23H22N4O6. The van der Waals surface area contributed by atoms with Crippen molar-refractivity contribution in [2.75, 3.05) is 18.5 Å². The fourth-order valence-electron chi connectivity index (χ4n) is 3.95. The average Bonchev–Trinajstić information content (AvgIpc) is 3.33. The number of hydrogen-bond donors (Lipinski definition) is 4. The van der Waals surface area contributed by atoms with Crippen LogP contribution in [-0.4, -0.2) is 57.2 Å². The molecule has 10 nitrogen and oxygen atoms in total. The number of benzene rings is 2. The highest BCUT2D eigenvalue weighted by atomic mass is 16.5. The van der Waals surface area contributed by atoms with E-state index in [1.165, 1.54) is 17.9 Å². The van der Waals surface area contributed by atoms with E-state index in [2.05, 4.69) is 15.7 Å². The molecule has 10 heteroatoms. The van der Waals surface area contributed by atoms with Crippen molar-refractivity contribution < 1.29 is 29.3 Å². The third-order valence-electron chi connectivity index (χ3n) is 5.52. The van der Waals surface area contributed by atoms with E-state index < -0.39 is 30.6 Å². The molecule has 1 atom stereocenters. The zero-order chi connectivity index (χ0) is 23.5. The van der Waals surface area contributed by atoms with Gasteiger partial charge in [0.25, 0.3) is 5.91 Å². The second kappa shape index (κ2) is 9.13. The van der Waals surface area contributed by atoms with Crippen LogP contribution >= 0.6 is 0 Å². The molecule has 0 fully saturated rings. The summed E-state index contributed by atoms with van der Waals surface area (Å²) in [6, 6.07) is 14.4. The number of amides is 2. The van der Waals surface area contributed by atoms with Crippen molar-refractivity contribution in [2.24, 2.45) is 7.05 Å². The number of carboxylic acids is 1. The number of anilines is 1. The molecule has 4 rings (SSSR count). The number of nitrogens with zero attached hydrogens (tertiary/aromatic N) is 2. The zero-order valence-corrected chi connectivity index (χ0v) is 17.7. The lowest BCUT2D eigenvalue weighted by Gasteiger charge is -2.15. The van der Waals surface area contributed by atoms with Crippen LogP contribution in [-0.2, 0) is 16.6 Å². The van der Waals surface area contributed by atoms with E-state index >= 15 is 0 Å². The van der Waals surface area contributed by atoms with Crippen LogP contribution in [0, 0.1) is 0 Å². The van der Waals surface area contributed by atoms with E-state index in [4.69, 9.17) is 14.9 Å². The quantitative estimate of drug-likeness (QED) is 0.431. The van der Waals surface area contributed by atoms with Gasteiger partial charge in [0.2, 0.25) is 0 Å². The lowest BCUT2D eigenvalue weighted by Crippen LogP contribution is -2.44. The van der Waals surface area contributed by atoms with E-state index in [9.17, 15) is 14.4 Å². The van der Waals surface area contributed by atoms with Crippen molar-refractivity contribution in [1.29, 1.82) is 0 Å². The zero-order valence-electron chi connectivity index (χ0n) is 17.7. The number of aromatic nitrogens is 2. The molecule has 1 aliphatic rings. The third kappa shape index (κ3) is 4.28. The fraction of sp³-hybridized carbons (Fsp3) is 0.217. The summed E-state index contributed by atoms with van der Waals surface area (Å²) in [7, 11) is 1.46. The van der Waals surface area contributed by atoms with E-state index in [-0.39, 0.29) is 23.9 Å². The normalized spacial score (nSPS) is 13.0. The Kier molecular flexibility index (Phi) is 6.09. The number of aliphatic hydroxyl groups is 1. The average molecular weight is 450 g/mol. The van der Waals surface area contributed by atoms with Crippen molar-refractivity contribution in [2.45, 2.75) is 12.0 Å². The maximum atomic E-state index is 12.5. The van der Waals surface area contributed by atoms with Gasteiger partial charge in [0.1, 0.15) is 12.3 Å². The molecule has 2 aromatic carbocycles. The second-order valence-corrected chi connectivity index (χ2v) is 7.53. The highest BCUT2D eigenvalue weighted by Gasteiger charge is 2.29. The molecule has 0 spiro atoms. The fourth-order valence-corrected chi connectivity index (χ4v) is 3.95. The van der Waals surface area contributed by atoms with Crippen LogP contribution in [0.25, 0.3) is 11.1 Å². The molecule has 0 radical (unpaired) electrons. The number of ether oxygens (including phenoxy) is 1. The molecule has 1 aliphatic carbocycles.